The molecule has 0 atom stereocenters. The lowest BCUT2D eigenvalue weighted by Gasteiger charge is -2.42. The van der Waals surface area contributed by atoms with Crippen molar-refractivity contribution in [3.8, 4) is 11.1 Å². The zero-order chi connectivity index (χ0) is 35.5. The quantitative estimate of drug-likeness (QED) is 0.168. The third-order valence-electron chi connectivity index (χ3n) is 11.2. The van der Waals surface area contributed by atoms with Crippen LogP contribution in [-0.4, -0.2) is 0 Å². The number of hydrogen-bond acceptors (Lipinski definition) is 2. The number of fused-ring (bicyclic) bond motifs is 4. The molecular weight excluding hydrogens is 629 g/mol. The molecule has 0 saturated heterocycles. The molecule has 252 valence electrons. The van der Waals surface area contributed by atoms with Crippen molar-refractivity contribution in [2.75, 3.05) is 9.80 Å². The van der Waals surface area contributed by atoms with Crippen LogP contribution in [0.2, 0.25) is 0 Å². The topological polar surface area (TPSA) is 6.48 Å². The molecule has 0 radical (unpaired) electrons. The molecule has 0 N–H and O–H groups in total. The van der Waals surface area contributed by atoms with Gasteiger partial charge in [-0.15, -0.1) is 0 Å². The Bertz CT molecular complexity index is 2450. The van der Waals surface area contributed by atoms with Gasteiger partial charge in [0.1, 0.15) is 0 Å². The van der Waals surface area contributed by atoms with Gasteiger partial charge in [0.15, 0.2) is 0 Å². The Hall–Kier alpha value is -6.12. The molecule has 0 aromatic heterocycles. The average molecular weight is 671 g/mol. The Morgan fingerprint density at radius 2 is 0.731 bits per heavy atom. The van der Waals surface area contributed by atoms with Crippen molar-refractivity contribution >= 4 is 46.3 Å². The third-order valence-corrected chi connectivity index (χ3v) is 11.2. The highest BCUT2D eigenvalue weighted by molar-refractivity contribution is 5.89. The van der Waals surface area contributed by atoms with Crippen molar-refractivity contribution in [3.05, 3.63) is 203 Å². The van der Waals surface area contributed by atoms with Crippen LogP contribution in [0.1, 0.15) is 61.1 Å². The van der Waals surface area contributed by atoms with E-state index in [0.717, 1.165) is 5.69 Å². The second-order valence-electron chi connectivity index (χ2n) is 15.1. The predicted molar refractivity (Wildman–Crippen MR) is 221 cm³/mol. The molecule has 2 aliphatic rings. The summed E-state index contributed by atoms with van der Waals surface area (Å²) >= 11 is 0. The highest BCUT2D eigenvalue weighted by Crippen LogP contribution is 2.53. The molecule has 7 aromatic rings. The molecule has 0 amide bonds. The molecule has 0 unspecified atom stereocenters. The number of nitrogens with zero attached hydrogens (tertiary/aromatic N) is 2. The standard InChI is InChI=1S/C50H42N2/c1-49(2)41-19-11-13-21-45(41)51(39-17-9-6-10-18-39)47-31-25-35(33-43(47)49)23-24-36-26-32-48-44(34-36)50(3,4)42-20-12-14-22-46(42)52(48)40-29-27-38(28-30-40)37-15-7-5-8-16-37/h5-34H,1-4H3/b24-23+. The first-order chi connectivity index (χ1) is 25.3. The first-order valence-electron chi connectivity index (χ1n) is 18.3. The van der Waals surface area contributed by atoms with E-state index in [1.165, 1.54) is 72.9 Å². The van der Waals surface area contributed by atoms with E-state index in [1.807, 2.05) is 0 Å². The summed E-state index contributed by atoms with van der Waals surface area (Å²) in [7, 11) is 0. The van der Waals surface area contributed by atoms with Crippen molar-refractivity contribution in [2.24, 2.45) is 0 Å². The van der Waals surface area contributed by atoms with Crippen LogP contribution in [-0.2, 0) is 10.8 Å². The summed E-state index contributed by atoms with van der Waals surface area (Å²) in [5.74, 6) is 0. The zero-order valence-electron chi connectivity index (χ0n) is 30.2. The summed E-state index contributed by atoms with van der Waals surface area (Å²) in [5, 5.41) is 0. The van der Waals surface area contributed by atoms with Gasteiger partial charge >= 0.3 is 0 Å². The molecule has 9 rings (SSSR count). The second-order valence-corrected chi connectivity index (χ2v) is 15.1. The Morgan fingerprint density at radius 3 is 1.23 bits per heavy atom. The fraction of sp³-hybridized carbons (Fsp3) is 0.120. The van der Waals surface area contributed by atoms with E-state index in [0.29, 0.717) is 0 Å². The van der Waals surface area contributed by atoms with Crippen molar-refractivity contribution in [2.45, 2.75) is 38.5 Å². The molecule has 0 aliphatic carbocycles. The average Bonchev–Trinajstić information content (AvgIpc) is 3.19. The van der Waals surface area contributed by atoms with Crippen molar-refractivity contribution in [1.82, 2.24) is 0 Å². The number of anilines is 6. The minimum atomic E-state index is -0.166. The van der Waals surface area contributed by atoms with E-state index in [1.54, 1.807) is 0 Å². The van der Waals surface area contributed by atoms with Crippen LogP contribution in [0.5, 0.6) is 0 Å². The third kappa shape index (κ3) is 5.17. The monoisotopic (exact) mass is 670 g/mol. The van der Waals surface area contributed by atoms with Crippen LogP contribution in [0.3, 0.4) is 0 Å². The van der Waals surface area contributed by atoms with Gasteiger partial charge in [-0.1, -0.05) is 149 Å². The highest BCUT2D eigenvalue weighted by Gasteiger charge is 2.38. The Kier molecular flexibility index (Phi) is 7.52. The maximum atomic E-state index is 2.43. The molecule has 0 spiro atoms. The van der Waals surface area contributed by atoms with Gasteiger partial charge in [-0.05, 0) is 105 Å². The Morgan fingerprint density at radius 1 is 0.346 bits per heavy atom. The predicted octanol–water partition coefficient (Wildman–Crippen LogP) is 13.7. The summed E-state index contributed by atoms with van der Waals surface area (Å²) in [6, 6.07) is 61.9. The molecule has 2 nitrogen and oxygen atoms in total. The summed E-state index contributed by atoms with van der Waals surface area (Å²) in [6.07, 6.45) is 4.55. The molecule has 2 heteroatoms. The fourth-order valence-electron chi connectivity index (χ4n) is 8.41. The van der Waals surface area contributed by atoms with Crippen LogP contribution < -0.4 is 9.80 Å². The smallest absolute Gasteiger partial charge is 0.0503 e. The number of rotatable bonds is 5. The number of para-hydroxylation sites is 3. The largest absolute Gasteiger partial charge is 0.310 e. The van der Waals surface area contributed by atoms with Gasteiger partial charge in [-0.3, -0.25) is 0 Å². The first kappa shape index (κ1) is 31.8. The van der Waals surface area contributed by atoms with Gasteiger partial charge in [0.05, 0.1) is 22.7 Å². The van der Waals surface area contributed by atoms with E-state index < -0.39 is 0 Å². The minimum Gasteiger partial charge on any atom is -0.310 e. The first-order valence-corrected chi connectivity index (χ1v) is 18.3. The maximum absolute atomic E-state index is 2.43. The second kappa shape index (κ2) is 12.3. The summed E-state index contributed by atoms with van der Waals surface area (Å²) in [5.41, 5.74) is 17.1. The number of hydrogen-bond donors (Lipinski definition) is 0. The van der Waals surface area contributed by atoms with Crippen molar-refractivity contribution in [1.29, 1.82) is 0 Å². The van der Waals surface area contributed by atoms with E-state index in [2.05, 4.69) is 220 Å². The molecule has 0 bridgehead atoms. The van der Waals surface area contributed by atoms with Gasteiger partial charge in [0.2, 0.25) is 0 Å². The van der Waals surface area contributed by atoms with Gasteiger partial charge < -0.3 is 9.80 Å². The zero-order valence-corrected chi connectivity index (χ0v) is 30.2. The Balaban J connectivity index is 1.09. The van der Waals surface area contributed by atoms with Crippen LogP contribution in [0.4, 0.5) is 34.1 Å². The molecule has 2 aliphatic heterocycles. The lowest BCUT2D eigenvalue weighted by atomic mass is 9.73. The lowest BCUT2D eigenvalue weighted by molar-refractivity contribution is 0.631. The van der Waals surface area contributed by atoms with E-state index in [-0.39, 0.29) is 10.8 Å². The molecule has 7 aromatic carbocycles. The van der Waals surface area contributed by atoms with Gasteiger partial charge in [0, 0.05) is 22.2 Å². The summed E-state index contributed by atoms with van der Waals surface area (Å²) in [6.45, 7) is 9.42. The molecule has 0 fully saturated rings. The highest BCUT2D eigenvalue weighted by atomic mass is 15.2. The fourth-order valence-corrected chi connectivity index (χ4v) is 8.41. The van der Waals surface area contributed by atoms with Crippen molar-refractivity contribution < 1.29 is 0 Å². The summed E-state index contributed by atoms with van der Waals surface area (Å²) < 4.78 is 0. The van der Waals surface area contributed by atoms with Gasteiger partial charge in [-0.25, -0.2) is 0 Å². The Labute approximate surface area is 308 Å². The maximum Gasteiger partial charge on any atom is 0.0503 e. The van der Waals surface area contributed by atoms with E-state index in [9.17, 15) is 0 Å². The van der Waals surface area contributed by atoms with E-state index in [4.69, 9.17) is 0 Å². The number of benzene rings is 7. The lowest BCUT2D eigenvalue weighted by Crippen LogP contribution is -2.30. The normalized spacial score (nSPS) is 15.1. The SMILES string of the molecule is CC1(C)c2ccccc2N(c2ccccc2)c2ccc(/C=C/c3ccc4c(c3)C(C)(C)c3ccccc3N4c3ccc(-c4ccccc4)cc3)cc21. The van der Waals surface area contributed by atoms with Crippen LogP contribution in [0.25, 0.3) is 23.3 Å². The molecule has 52 heavy (non-hydrogen) atoms. The molecular formula is C50H42N2. The van der Waals surface area contributed by atoms with Crippen LogP contribution >= 0.6 is 0 Å². The van der Waals surface area contributed by atoms with Crippen LogP contribution in [0.15, 0.2) is 170 Å². The minimum absolute atomic E-state index is 0.146. The van der Waals surface area contributed by atoms with Gasteiger partial charge in [0.25, 0.3) is 0 Å². The van der Waals surface area contributed by atoms with Gasteiger partial charge in [-0.2, -0.15) is 0 Å². The molecule has 2 heterocycles. The molecule has 0 saturated carbocycles. The van der Waals surface area contributed by atoms with Crippen molar-refractivity contribution in [3.63, 3.8) is 0 Å². The van der Waals surface area contributed by atoms with E-state index >= 15 is 0 Å². The van der Waals surface area contributed by atoms with Crippen LogP contribution in [0, 0.1) is 0 Å². The summed E-state index contributed by atoms with van der Waals surface area (Å²) in [4.78, 5) is 4.84.